The molecule has 1 atom stereocenters. The highest BCUT2D eigenvalue weighted by molar-refractivity contribution is 5.29. The highest BCUT2D eigenvalue weighted by atomic mass is 16.4. The van der Waals surface area contributed by atoms with E-state index in [9.17, 15) is 5.11 Å². The molecule has 16 heavy (non-hydrogen) atoms. The molecule has 0 aromatic carbocycles. The molecule has 2 rings (SSSR count). The third-order valence-corrected chi connectivity index (χ3v) is 3.63. The molecule has 0 amide bonds. The Kier molecular flexibility index (Phi) is 2.94. The fourth-order valence-electron chi connectivity index (χ4n) is 2.84. The second-order valence-corrected chi connectivity index (χ2v) is 5.35. The number of rotatable bonds is 2. The first-order valence-corrected chi connectivity index (χ1v) is 5.94. The van der Waals surface area contributed by atoms with Crippen LogP contribution in [-0.4, -0.2) is 5.11 Å². The summed E-state index contributed by atoms with van der Waals surface area (Å²) in [5.41, 5.74) is 2.54. The van der Waals surface area contributed by atoms with E-state index in [4.69, 9.17) is 4.42 Å². The third kappa shape index (κ3) is 1.94. The van der Waals surface area contributed by atoms with Gasteiger partial charge in [-0.3, -0.25) is 0 Å². The Labute approximate surface area is 97.0 Å². The molecule has 1 aliphatic rings. The zero-order chi connectivity index (χ0) is 11.8. The molecule has 1 unspecified atom stereocenters. The Balaban J connectivity index is 2.37. The molecule has 0 saturated heterocycles. The van der Waals surface area contributed by atoms with Crippen LogP contribution in [-0.2, 0) is 0 Å². The van der Waals surface area contributed by atoms with Crippen LogP contribution in [0.4, 0.5) is 0 Å². The van der Waals surface area contributed by atoms with Gasteiger partial charge in [0, 0.05) is 0 Å². The first-order valence-electron chi connectivity index (χ1n) is 5.94. The van der Waals surface area contributed by atoms with E-state index in [0.717, 1.165) is 18.4 Å². The smallest absolute Gasteiger partial charge is 0.136 e. The summed E-state index contributed by atoms with van der Waals surface area (Å²) in [5, 5.41) is 10.4. The zero-order valence-electron chi connectivity index (χ0n) is 10.3. The van der Waals surface area contributed by atoms with Crippen molar-refractivity contribution >= 4 is 0 Å². The van der Waals surface area contributed by atoms with Gasteiger partial charge in [-0.2, -0.15) is 0 Å². The van der Waals surface area contributed by atoms with Crippen LogP contribution < -0.4 is 0 Å². The molecule has 0 bridgehead atoms. The predicted molar refractivity (Wildman–Crippen MR) is 64.0 cm³/mol. The minimum absolute atomic E-state index is 0.0779. The number of aliphatic hydroxyl groups excluding tert-OH is 1. The molecule has 0 fully saturated rings. The third-order valence-electron chi connectivity index (χ3n) is 3.63. The van der Waals surface area contributed by atoms with Crippen LogP contribution in [0.2, 0.25) is 0 Å². The van der Waals surface area contributed by atoms with E-state index in [1.54, 1.807) is 6.26 Å². The van der Waals surface area contributed by atoms with E-state index in [2.05, 4.69) is 20.8 Å². The van der Waals surface area contributed by atoms with E-state index in [0.29, 0.717) is 5.76 Å². The van der Waals surface area contributed by atoms with Crippen LogP contribution in [0.25, 0.3) is 0 Å². The average molecular weight is 220 g/mol. The number of allylic oxidation sites excluding steroid dienone is 1. The SMILES string of the molecule is CC1=C(C(O)c2ccco2)C(C)(C)CCC1. The number of hydrogen-bond acceptors (Lipinski definition) is 2. The molecule has 0 radical (unpaired) electrons. The largest absolute Gasteiger partial charge is 0.466 e. The number of aliphatic hydroxyl groups is 1. The van der Waals surface area contributed by atoms with Crippen molar-refractivity contribution in [2.45, 2.75) is 46.1 Å². The summed E-state index contributed by atoms with van der Waals surface area (Å²) in [4.78, 5) is 0. The summed E-state index contributed by atoms with van der Waals surface area (Å²) in [6.07, 6.45) is 4.48. The summed E-state index contributed by atoms with van der Waals surface area (Å²) in [7, 11) is 0. The molecule has 0 saturated carbocycles. The van der Waals surface area contributed by atoms with Gasteiger partial charge < -0.3 is 9.52 Å². The van der Waals surface area contributed by atoms with Gasteiger partial charge in [0.25, 0.3) is 0 Å². The van der Waals surface area contributed by atoms with Gasteiger partial charge in [0.05, 0.1) is 6.26 Å². The van der Waals surface area contributed by atoms with Crippen LogP contribution in [0.3, 0.4) is 0 Å². The van der Waals surface area contributed by atoms with Gasteiger partial charge in [-0.25, -0.2) is 0 Å². The number of furan rings is 1. The highest BCUT2D eigenvalue weighted by Crippen LogP contribution is 2.45. The Morgan fingerprint density at radius 1 is 1.44 bits per heavy atom. The second kappa shape index (κ2) is 4.10. The van der Waals surface area contributed by atoms with Crippen LogP contribution in [0, 0.1) is 5.41 Å². The Hall–Kier alpha value is -1.02. The lowest BCUT2D eigenvalue weighted by Crippen LogP contribution is -2.24. The molecular formula is C14H20O2. The maximum absolute atomic E-state index is 10.4. The molecule has 2 nitrogen and oxygen atoms in total. The van der Waals surface area contributed by atoms with Gasteiger partial charge in [-0.15, -0.1) is 0 Å². The van der Waals surface area contributed by atoms with E-state index in [1.807, 2.05) is 12.1 Å². The lowest BCUT2D eigenvalue weighted by molar-refractivity contribution is 0.147. The van der Waals surface area contributed by atoms with Gasteiger partial charge in [0.1, 0.15) is 11.9 Å². The number of hydrogen-bond donors (Lipinski definition) is 1. The van der Waals surface area contributed by atoms with E-state index in [1.165, 1.54) is 12.0 Å². The topological polar surface area (TPSA) is 33.4 Å². The lowest BCUT2D eigenvalue weighted by Gasteiger charge is -2.36. The van der Waals surface area contributed by atoms with Crippen molar-refractivity contribution in [2.24, 2.45) is 5.41 Å². The summed E-state index contributed by atoms with van der Waals surface area (Å²) < 4.78 is 5.31. The molecular weight excluding hydrogens is 200 g/mol. The predicted octanol–water partition coefficient (Wildman–Crippen LogP) is 3.84. The maximum atomic E-state index is 10.4. The van der Waals surface area contributed by atoms with Gasteiger partial charge >= 0.3 is 0 Å². The summed E-state index contributed by atoms with van der Waals surface area (Å²) in [6.45, 7) is 6.54. The Morgan fingerprint density at radius 2 is 2.19 bits per heavy atom. The van der Waals surface area contributed by atoms with Crippen LogP contribution in [0.5, 0.6) is 0 Å². The van der Waals surface area contributed by atoms with E-state index >= 15 is 0 Å². The van der Waals surface area contributed by atoms with Gasteiger partial charge in [-0.05, 0) is 49.3 Å². The van der Waals surface area contributed by atoms with Crippen molar-refractivity contribution in [3.05, 3.63) is 35.3 Å². The molecule has 1 aliphatic carbocycles. The Bertz CT molecular complexity index is 385. The highest BCUT2D eigenvalue weighted by Gasteiger charge is 2.34. The van der Waals surface area contributed by atoms with Gasteiger partial charge in [-0.1, -0.05) is 19.4 Å². The van der Waals surface area contributed by atoms with Gasteiger partial charge in [0.15, 0.2) is 0 Å². The molecule has 88 valence electrons. The first kappa shape index (κ1) is 11.5. The molecule has 1 N–H and O–H groups in total. The maximum Gasteiger partial charge on any atom is 0.136 e. The monoisotopic (exact) mass is 220 g/mol. The van der Waals surface area contributed by atoms with Crippen molar-refractivity contribution in [1.29, 1.82) is 0 Å². The molecule has 0 aliphatic heterocycles. The summed E-state index contributed by atoms with van der Waals surface area (Å²) in [6, 6.07) is 3.67. The van der Waals surface area contributed by atoms with Crippen molar-refractivity contribution in [2.75, 3.05) is 0 Å². The molecule has 1 aromatic rings. The standard InChI is InChI=1S/C14H20O2/c1-10-6-4-8-14(2,3)12(10)13(15)11-7-5-9-16-11/h5,7,9,13,15H,4,6,8H2,1-3H3. The van der Waals surface area contributed by atoms with Gasteiger partial charge in [0.2, 0.25) is 0 Å². The summed E-state index contributed by atoms with van der Waals surface area (Å²) in [5.74, 6) is 0.657. The van der Waals surface area contributed by atoms with Crippen molar-refractivity contribution < 1.29 is 9.52 Å². The molecule has 1 heterocycles. The first-order chi connectivity index (χ1) is 7.52. The normalized spacial score (nSPS) is 22.2. The summed E-state index contributed by atoms with van der Waals surface area (Å²) >= 11 is 0. The molecule has 1 aromatic heterocycles. The van der Waals surface area contributed by atoms with Crippen molar-refractivity contribution in [1.82, 2.24) is 0 Å². The van der Waals surface area contributed by atoms with E-state index in [-0.39, 0.29) is 5.41 Å². The zero-order valence-corrected chi connectivity index (χ0v) is 10.3. The fourth-order valence-corrected chi connectivity index (χ4v) is 2.84. The lowest BCUT2D eigenvalue weighted by atomic mass is 9.70. The van der Waals surface area contributed by atoms with Crippen molar-refractivity contribution in [3.8, 4) is 0 Å². The van der Waals surface area contributed by atoms with E-state index < -0.39 is 6.10 Å². The minimum Gasteiger partial charge on any atom is -0.466 e. The Morgan fingerprint density at radius 3 is 2.75 bits per heavy atom. The minimum atomic E-state index is -0.578. The van der Waals surface area contributed by atoms with Crippen LogP contribution in [0.15, 0.2) is 34.0 Å². The molecule has 2 heteroatoms. The van der Waals surface area contributed by atoms with Crippen LogP contribution in [0.1, 0.15) is 51.9 Å². The molecule has 0 spiro atoms. The quantitative estimate of drug-likeness (QED) is 0.768. The average Bonchev–Trinajstić information content (AvgIpc) is 2.68. The second-order valence-electron chi connectivity index (χ2n) is 5.35. The fraction of sp³-hybridized carbons (Fsp3) is 0.571. The van der Waals surface area contributed by atoms with Crippen molar-refractivity contribution in [3.63, 3.8) is 0 Å². The van der Waals surface area contributed by atoms with Crippen LogP contribution >= 0.6 is 0 Å².